The van der Waals surface area contributed by atoms with Gasteiger partial charge in [0.15, 0.2) is 0 Å². The van der Waals surface area contributed by atoms with E-state index < -0.39 is 0 Å². The molecule has 0 saturated carbocycles. The standard InChI is InChI=1S/C18H12F2N2S/c19-15-5-1-3-7-17(15)21-11-13-9-10-14(23-13)12-22-18-8-4-2-6-16(18)20/h1-12H. The van der Waals surface area contributed by atoms with Gasteiger partial charge in [0.1, 0.15) is 11.6 Å². The fourth-order valence-electron chi connectivity index (χ4n) is 1.89. The van der Waals surface area contributed by atoms with Gasteiger partial charge in [0.05, 0.1) is 11.4 Å². The second-order valence-corrected chi connectivity index (χ2v) is 5.81. The monoisotopic (exact) mass is 326 g/mol. The summed E-state index contributed by atoms with van der Waals surface area (Å²) in [4.78, 5) is 9.98. The zero-order valence-electron chi connectivity index (χ0n) is 12.0. The normalized spacial score (nSPS) is 11.6. The van der Waals surface area contributed by atoms with Crippen molar-refractivity contribution in [1.82, 2.24) is 0 Å². The molecule has 0 N–H and O–H groups in total. The number of benzene rings is 2. The fourth-order valence-corrected chi connectivity index (χ4v) is 2.64. The number of halogens is 2. The number of thiophene rings is 1. The van der Waals surface area contributed by atoms with Gasteiger partial charge in [-0.1, -0.05) is 24.3 Å². The van der Waals surface area contributed by atoms with Crippen molar-refractivity contribution in [3.05, 3.63) is 82.1 Å². The number of hydrogen-bond acceptors (Lipinski definition) is 3. The molecular formula is C18H12F2N2S. The Balaban J connectivity index is 1.74. The summed E-state index contributed by atoms with van der Waals surface area (Å²) in [7, 11) is 0. The first-order valence-corrected chi connectivity index (χ1v) is 7.71. The van der Waals surface area contributed by atoms with Gasteiger partial charge >= 0.3 is 0 Å². The number of rotatable bonds is 4. The van der Waals surface area contributed by atoms with Crippen molar-refractivity contribution >= 4 is 35.1 Å². The van der Waals surface area contributed by atoms with E-state index in [1.165, 1.54) is 23.5 Å². The first-order valence-electron chi connectivity index (χ1n) is 6.89. The molecule has 3 aromatic rings. The first kappa shape index (κ1) is 15.2. The van der Waals surface area contributed by atoms with Crippen molar-refractivity contribution in [2.75, 3.05) is 0 Å². The van der Waals surface area contributed by atoms with Gasteiger partial charge in [-0.2, -0.15) is 0 Å². The van der Waals surface area contributed by atoms with Crippen LogP contribution in [-0.2, 0) is 0 Å². The molecule has 0 radical (unpaired) electrons. The summed E-state index contributed by atoms with van der Waals surface area (Å²) in [6, 6.07) is 16.4. The third-order valence-corrected chi connectivity index (χ3v) is 3.97. The lowest BCUT2D eigenvalue weighted by Gasteiger charge is -1.94. The molecule has 0 aliphatic heterocycles. The number of nitrogens with zero attached hydrogens (tertiary/aromatic N) is 2. The summed E-state index contributed by atoms with van der Waals surface area (Å²) < 4.78 is 27.0. The Morgan fingerprint density at radius 2 is 1.09 bits per heavy atom. The summed E-state index contributed by atoms with van der Waals surface area (Å²) in [5, 5.41) is 0. The van der Waals surface area contributed by atoms with Crippen LogP contribution in [0.4, 0.5) is 20.2 Å². The summed E-state index contributed by atoms with van der Waals surface area (Å²) in [6.07, 6.45) is 3.20. The summed E-state index contributed by atoms with van der Waals surface area (Å²) in [5.41, 5.74) is 0.588. The molecule has 5 heteroatoms. The minimum atomic E-state index is -0.360. The Morgan fingerprint density at radius 3 is 1.52 bits per heavy atom. The molecule has 0 bridgehead atoms. The van der Waals surface area contributed by atoms with Crippen LogP contribution in [0.1, 0.15) is 9.75 Å². The molecule has 0 aliphatic rings. The minimum absolute atomic E-state index is 0.294. The van der Waals surface area contributed by atoms with Crippen molar-refractivity contribution in [1.29, 1.82) is 0 Å². The molecule has 1 heterocycles. The van der Waals surface area contributed by atoms with Crippen molar-refractivity contribution in [3.63, 3.8) is 0 Å². The Bertz CT molecular complexity index is 799. The van der Waals surface area contributed by atoms with Gasteiger partial charge in [-0.25, -0.2) is 8.78 Å². The zero-order valence-corrected chi connectivity index (χ0v) is 12.8. The van der Waals surface area contributed by atoms with E-state index in [1.54, 1.807) is 48.8 Å². The van der Waals surface area contributed by atoms with E-state index in [1.807, 2.05) is 12.1 Å². The highest BCUT2D eigenvalue weighted by Gasteiger charge is 2.00. The van der Waals surface area contributed by atoms with Crippen molar-refractivity contribution in [2.45, 2.75) is 0 Å². The van der Waals surface area contributed by atoms with Crippen LogP contribution in [0.25, 0.3) is 0 Å². The highest BCUT2D eigenvalue weighted by molar-refractivity contribution is 7.15. The molecule has 0 atom stereocenters. The van der Waals surface area contributed by atoms with Crippen molar-refractivity contribution < 1.29 is 8.78 Å². The Kier molecular flexibility index (Phi) is 4.68. The van der Waals surface area contributed by atoms with Gasteiger partial charge in [-0.05, 0) is 36.4 Å². The summed E-state index contributed by atoms with van der Waals surface area (Å²) in [6.45, 7) is 0. The van der Waals surface area contributed by atoms with Crippen LogP contribution < -0.4 is 0 Å². The van der Waals surface area contributed by atoms with Gasteiger partial charge in [0, 0.05) is 22.2 Å². The quantitative estimate of drug-likeness (QED) is 0.563. The zero-order chi connectivity index (χ0) is 16.1. The van der Waals surface area contributed by atoms with Crippen LogP contribution in [-0.4, -0.2) is 12.4 Å². The average Bonchev–Trinajstić information content (AvgIpc) is 3.01. The minimum Gasteiger partial charge on any atom is -0.252 e. The van der Waals surface area contributed by atoms with Gasteiger partial charge in [0.2, 0.25) is 0 Å². The molecule has 3 rings (SSSR count). The predicted molar refractivity (Wildman–Crippen MR) is 91.6 cm³/mol. The van der Waals surface area contributed by atoms with E-state index >= 15 is 0 Å². The smallest absolute Gasteiger partial charge is 0.148 e. The van der Waals surface area contributed by atoms with Gasteiger partial charge < -0.3 is 0 Å². The molecule has 0 fully saturated rings. The number of para-hydroxylation sites is 2. The highest BCUT2D eigenvalue weighted by atomic mass is 32.1. The SMILES string of the molecule is Fc1ccccc1N=Cc1ccc(C=Nc2ccccc2F)s1. The molecule has 0 spiro atoms. The average molecular weight is 326 g/mol. The Labute approximate surface area is 136 Å². The lowest BCUT2D eigenvalue weighted by Crippen LogP contribution is -1.77. The third-order valence-electron chi connectivity index (χ3n) is 3.01. The largest absolute Gasteiger partial charge is 0.252 e. The van der Waals surface area contributed by atoms with Crippen LogP contribution >= 0.6 is 11.3 Å². The van der Waals surface area contributed by atoms with Crippen LogP contribution in [0.5, 0.6) is 0 Å². The highest BCUT2D eigenvalue weighted by Crippen LogP contribution is 2.20. The number of hydrogen-bond donors (Lipinski definition) is 0. The second-order valence-electron chi connectivity index (χ2n) is 4.66. The van der Waals surface area contributed by atoms with Gasteiger partial charge in [-0.15, -0.1) is 11.3 Å². The molecule has 1 aromatic heterocycles. The maximum atomic E-state index is 13.5. The lowest BCUT2D eigenvalue weighted by atomic mass is 10.3. The molecular weight excluding hydrogens is 314 g/mol. The molecule has 114 valence electrons. The maximum absolute atomic E-state index is 13.5. The first-order chi connectivity index (χ1) is 11.2. The van der Waals surface area contributed by atoms with E-state index in [2.05, 4.69) is 9.98 Å². The second kappa shape index (κ2) is 7.07. The van der Waals surface area contributed by atoms with Crippen LogP contribution in [0, 0.1) is 11.6 Å². The van der Waals surface area contributed by atoms with Crippen LogP contribution in [0.2, 0.25) is 0 Å². The van der Waals surface area contributed by atoms with E-state index in [0.717, 1.165) is 9.75 Å². The third kappa shape index (κ3) is 3.96. The van der Waals surface area contributed by atoms with Gasteiger partial charge in [-0.3, -0.25) is 9.98 Å². The molecule has 2 aromatic carbocycles. The molecule has 23 heavy (non-hydrogen) atoms. The predicted octanol–water partition coefficient (Wildman–Crippen LogP) is 5.53. The van der Waals surface area contributed by atoms with Crippen LogP contribution in [0.3, 0.4) is 0 Å². The van der Waals surface area contributed by atoms with E-state index in [0.29, 0.717) is 11.4 Å². The topological polar surface area (TPSA) is 24.7 Å². The van der Waals surface area contributed by atoms with Gasteiger partial charge in [0.25, 0.3) is 0 Å². The van der Waals surface area contributed by atoms with E-state index in [-0.39, 0.29) is 11.6 Å². The number of aliphatic imine (C=N–C) groups is 2. The van der Waals surface area contributed by atoms with E-state index in [4.69, 9.17) is 0 Å². The van der Waals surface area contributed by atoms with Crippen molar-refractivity contribution in [3.8, 4) is 0 Å². The molecule has 0 amide bonds. The fraction of sp³-hybridized carbons (Fsp3) is 0. The molecule has 0 aliphatic carbocycles. The van der Waals surface area contributed by atoms with Crippen molar-refractivity contribution in [2.24, 2.45) is 9.98 Å². The molecule has 0 saturated heterocycles. The summed E-state index contributed by atoms with van der Waals surface area (Å²) >= 11 is 1.44. The van der Waals surface area contributed by atoms with Crippen LogP contribution in [0.15, 0.2) is 70.6 Å². The summed E-state index contributed by atoms with van der Waals surface area (Å²) in [5.74, 6) is -0.719. The Morgan fingerprint density at radius 1 is 0.652 bits per heavy atom. The molecule has 0 unspecified atom stereocenters. The lowest BCUT2D eigenvalue weighted by molar-refractivity contribution is 0.630. The van der Waals surface area contributed by atoms with E-state index in [9.17, 15) is 8.78 Å². The maximum Gasteiger partial charge on any atom is 0.148 e. The molecule has 2 nitrogen and oxygen atoms in total. The Hall–Kier alpha value is -2.66.